The van der Waals surface area contributed by atoms with Crippen molar-refractivity contribution in [3.63, 3.8) is 0 Å². The highest BCUT2D eigenvalue weighted by Gasteiger charge is 2.23. The average Bonchev–Trinajstić information content (AvgIpc) is 3.48. The number of hydrogen-bond acceptors (Lipinski definition) is 7. The number of hydrogen-bond donors (Lipinski definition) is 0. The zero-order valence-electron chi connectivity index (χ0n) is 20.2. The zero-order valence-corrected chi connectivity index (χ0v) is 21.0. The fourth-order valence-corrected chi connectivity index (χ4v) is 5.79. The summed E-state index contributed by atoms with van der Waals surface area (Å²) in [6.07, 6.45) is 7.38. The average molecular weight is 502 g/mol. The van der Waals surface area contributed by atoms with Crippen LogP contribution in [0.2, 0.25) is 0 Å². The smallest absolute Gasteiger partial charge is 0.166 e. The molecule has 5 rings (SSSR count). The summed E-state index contributed by atoms with van der Waals surface area (Å²) in [7, 11) is 3.52. The van der Waals surface area contributed by atoms with Crippen LogP contribution in [-0.4, -0.2) is 51.5 Å². The number of rotatable bonds is 5. The number of halogens is 1. The van der Waals surface area contributed by atoms with E-state index in [2.05, 4.69) is 40.8 Å². The summed E-state index contributed by atoms with van der Waals surface area (Å²) in [6.45, 7) is 4.15. The Kier molecular flexibility index (Phi) is 6.40. The molecular weight excluding hydrogens is 477 g/mol. The van der Waals surface area contributed by atoms with E-state index in [1.54, 1.807) is 4.52 Å². The minimum Gasteiger partial charge on any atom is -0.494 e. The van der Waals surface area contributed by atoms with Gasteiger partial charge in [-0.05, 0) is 58.1 Å². The van der Waals surface area contributed by atoms with Crippen molar-refractivity contribution in [2.24, 2.45) is 0 Å². The van der Waals surface area contributed by atoms with Crippen molar-refractivity contribution in [2.75, 3.05) is 27.2 Å². The van der Waals surface area contributed by atoms with Crippen molar-refractivity contribution >= 4 is 17.3 Å². The molecule has 0 radical (unpaired) electrons. The minimum absolute atomic E-state index is 0.0490. The Morgan fingerprint density at radius 2 is 1.81 bits per heavy atom. The molecule has 0 saturated carbocycles. The minimum atomic E-state index is -0.601. The lowest BCUT2D eigenvalue weighted by atomic mass is 10.0. The van der Waals surface area contributed by atoms with E-state index in [1.807, 2.05) is 18.5 Å². The van der Waals surface area contributed by atoms with Gasteiger partial charge >= 0.3 is 0 Å². The van der Waals surface area contributed by atoms with Gasteiger partial charge in [0.2, 0.25) is 0 Å². The van der Waals surface area contributed by atoms with Gasteiger partial charge in [0.05, 0.1) is 42.2 Å². The standard InChI is InChI=1S/C26H24FN7OS/c1-16-21(14-31-34(16)20-4-6-32(2)7-5-20)18-9-25(26-19(12-29)13-30-33(26)15-18)36-24-10-23(35-3)22(27)8-17(24)11-28/h8-10,13-15,20H,4-7H2,1-3H3. The number of piperidine rings is 1. The van der Waals surface area contributed by atoms with Crippen molar-refractivity contribution in [3.05, 3.63) is 59.4 Å². The highest BCUT2D eigenvalue weighted by atomic mass is 32.2. The topological polar surface area (TPSA) is 95.2 Å². The summed E-state index contributed by atoms with van der Waals surface area (Å²) in [4.78, 5) is 3.58. The molecule has 0 spiro atoms. The summed E-state index contributed by atoms with van der Waals surface area (Å²) < 4.78 is 23.2. The lowest BCUT2D eigenvalue weighted by Gasteiger charge is -2.29. The van der Waals surface area contributed by atoms with Crippen LogP contribution in [-0.2, 0) is 0 Å². The number of likely N-dealkylation sites (tertiary alicyclic amines) is 1. The van der Waals surface area contributed by atoms with Gasteiger partial charge in [0.15, 0.2) is 11.6 Å². The van der Waals surface area contributed by atoms with Crippen LogP contribution in [0.4, 0.5) is 4.39 Å². The maximum absolute atomic E-state index is 14.2. The van der Waals surface area contributed by atoms with E-state index >= 15 is 0 Å². The van der Waals surface area contributed by atoms with Gasteiger partial charge in [0.25, 0.3) is 0 Å². The second-order valence-electron chi connectivity index (χ2n) is 8.88. The molecule has 0 aliphatic carbocycles. The molecular formula is C26H24FN7OS. The monoisotopic (exact) mass is 501 g/mol. The fraction of sp³-hybridized carbons (Fsp3) is 0.308. The third-order valence-corrected chi connectivity index (χ3v) is 7.77. The molecule has 1 fully saturated rings. The summed E-state index contributed by atoms with van der Waals surface area (Å²) in [6, 6.07) is 9.25. The molecule has 10 heteroatoms. The van der Waals surface area contributed by atoms with E-state index in [-0.39, 0.29) is 11.3 Å². The Hall–Kier alpha value is -3.86. The highest BCUT2D eigenvalue weighted by Crippen LogP contribution is 2.40. The van der Waals surface area contributed by atoms with Crippen LogP contribution >= 0.6 is 11.8 Å². The van der Waals surface area contributed by atoms with Crippen molar-refractivity contribution in [3.8, 4) is 29.0 Å². The first-order chi connectivity index (χ1) is 17.4. The first kappa shape index (κ1) is 23.9. The molecule has 36 heavy (non-hydrogen) atoms. The summed E-state index contributed by atoms with van der Waals surface area (Å²) in [5.74, 6) is -0.552. The van der Waals surface area contributed by atoms with Gasteiger partial charge in [-0.15, -0.1) is 0 Å². The number of nitrogens with zero attached hydrogens (tertiary/aromatic N) is 7. The van der Waals surface area contributed by atoms with Gasteiger partial charge in [-0.25, -0.2) is 8.91 Å². The summed E-state index contributed by atoms with van der Waals surface area (Å²) >= 11 is 1.28. The van der Waals surface area contributed by atoms with E-state index in [0.29, 0.717) is 22.0 Å². The van der Waals surface area contributed by atoms with Gasteiger partial charge in [-0.3, -0.25) is 4.68 Å². The van der Waals surface area contributed by atoms with Crippen LogP contribution in [0.3, 0.4) is 0 Å². The largest absolute Gasteiger partial charge is 0.494 e. The van der Waals surface area contributed by atoms with Crippen molar-refractivity contribution < 1.29 is 9.13 Å². The number of ether oxygens (including phenoxy) is 1. The van der Waals surface area contributed by atoms with Crippen molar-refractivity contribution in [2.45, 2.75) is 35.6 Å². The lowest BCUT2D eigenvalue weighted by Crippen LogP contribution is -2.32. The van der Waals surface area contributed by atoms with E-state index in [4.69, 9.17) is 9.84 Å². The van der Waals surface area contributed by atoms with Gasteiger partial charge in [0, 0.05) is 32.8 Å². The maximum Gasteiger partial charge on any atom is 0.166 e. The van der Waals surface area contributed by atoms with Crippen LogP contribution < -0.4 is 4.74 Å². The number of fused-ring (bicyclic) bond motifs is 1. The Balaban J connectivity index is 1.61. The van der Waals surface area contributed by atoms with Crippen molar-refractivity contribution in [1.29, 1.82) is 10.5 Å². The van der Waals surface area contributed by atoms with E-state index < -0.39 is 5.82 Å². The van der Waals surface area contributed by atoms with Crippen LogP contribution in [0.15, 0.2) is 46.6 Å². The van der Waals surface area contributed by atoms with Gasteiger partial charge in [-0.1, -0.05) is 11.8 Å². The van der Waals surface area contributed by atoms with Gasteiger partial charge in [-0.2, -0.15) is 20.7 Å². The van der Waals surface area contributed by atoms with E-state index in [1.165, 1.54) is 37.2 Å². The SMILES string of the molecule is COc1cc(Sc2cc(-c3cnn(C4CCN(C)CC4)c3C)cn3ncc(C#N)c23)c(C#N)cc1F. The zero-order chi connectivity index (χ0) is 25.4. The molecule has 0 unspecified atom stereocenters. The van der Waals surface area contributed by atoms with E-state index in [0.717, 1.165) is 47.6 Å². The second kappa shape index (κ2) is 9.65. The molecule has 3 aromatic heterocycles. The lowest BCUT2D eigenvalue weighted by molar-refractivity contribution is 0.210. The molecule has 1 aliphatic heterocycles. The number of pyridine rings is 1. The third kappa shape index (κ3) is 4.19. The molecule has 1 aliphatic rings. The Morgan fingerprint density at radius 1 is 1.06 bits per heavy atom. The number of nitriles is 2. The Bertz CT molecular complexity index is 1540. The first-order valence-corrected chi connectivity index (χ1v) is 12.3. The molecule has 0 amide bonds. The van der Waals surface area contributed by atoms with Gasteiger partial charge < -0.3 is 9.64 Å². The van der Waals surface area contributed by atoms with Crippen LogP contribution in [0.25, 0.3) is 16.6 Å². The molecule has 0 bridgehead atoms. The summed E-state index contributed by atoms with van der Waals surface area (Å²) in [5, 5.41) is 28.4. The highest BCUT2D eigenvalue weighted by molar-refractivity contribution is 7.99. The van der Waals surface area contributed by atoms with Crippen LogP contribution in [0.5, 0.6) is 5.75 Å². The molecule has 0 atom stereocenters. The molecule has 182 valence electrons. The number of aromatic nitrogens is 4. The maximum atomic E-state index is 14.2. The van der Waals surface area contributed by atoms with Crippen molar-refractivity contribution in [1.82, 2.24) is 24.3 Å². The Morgan fingerprint density at radius 3 is 2.50 bits per heavy atom. The molecule has 4 aromatic rings. The van der Waals surface area contributed by atoms with Crippen LogP contribution in [0, 0.1) is 35.4 Å². The fourth-order valence-electron chi connectivity index (χ4n) is 4.69. The molecule has 8 nitrogen and oxygen atoms in total. The normalized spacial score (nSPS) is 14.6. The number of benzene rings is 1. The molecule has 4 heterocycles. The second-order valence-corrected chi connectivity index (χ2v) is 9.96. The predicted octanol–water partition coefficient (Wildman–Crippen LogP) is 4.82. The number of methoxy groups -OCH3 is 1. The Labute approximate surface area is 212 Å². The third-order valence-electron chi connectivity index (χ3n) is 6.68. The quantitative estimate of drug-likeness (QED) is 0.387. The first-order valence-electron chi connectivity index (χ1n) is 11.5. The van der Waals surface area contributed by atoms with Crippen LogP contribution in [0.1, 0.15) is 35.7 Å². The predicted molar refractivity (Wildman–Crippen MR) is 133 cm³/mol. The molecule has 1 saturated heterocycles. The van der Waals surface area contributed by atoms with E-state index in [9.17, 15) is 14.9 Å². The summed E-state index contributed by atoms with van der Waals surface area (Å²) in [5.41, 5.74) is 4.15. The molecule has 0 N–H and O–H groups in total. The van der Waals surface area contributed by atoms with Gasteiger partial charge in [0.1, 0.15) is 12.1 Å². The molecule has 1 aromatic carbocycles.